The summed E-state index contributed by atoms with van der Waals surface area (Å²) in [6.45, 7) is 0.192. The molecule has 10 nitrogen and oxygen atoms in total. The number of carbonyl (C=O) groups is 1. The maximum absolute atomic E-state index is 14.0. The first-order valence-electron chi connectivity index (χ1n) is 12.1. The maximum Gasteiger partial charge on any atom is 0.266 e. The van der Waals surface area contributed by atoms with Crippen LogP contribution >= 0.6 is 0 Å². The highest BCUT2D eigenvalue weighted by Gasteiger charge is 2.45. The lowest BCUT2D eigenvalue weighted by molar-refractivity contribution is -0.127. The number of benzene rings is 3. The number of rotatable bonds is 12. The second-order valence-electron chi connectivity index (χ2n) is 8.73. The van der Waals surface area contributed by atoms with Crippen LogP contribution in [0.15, 0.2) is 76.8 Å². The largest absolute Gasteiger partial charge is 0.494 e. The zero-order chi connectivity index (χ0) is 27.7. The number of aliphatic hydroxyl groups excluding tert-OH is 1. The molecule has 1 aliphatic heterocycles. The van der Waals surface area contributed by atoms with Gasteiger partial charge in [-0.3, -0.25) is 10.2 Å². The van der Waals surface area contributed by atoms with E-state index in [1.165, 1.54) is 6.07 Å². The van der Waals surface area contributed by atoms with Crippen molar-refractivity contribution in [2.75, 3.05) is 19.8 Å². The highest BCUT2D eigenvalue weighted by molar-refractivity contribution is 6.00. The van der Waals surface area contributed by atoms with Crippen LogP contribution in [-0.2, 0) is 22.5 Å². The van der Waals surface area contributed by atoms with Gasteiger partial charge >= 0.3 is 0 Å². The number of hydrogen-bond donors (Lipinski definition) is 3. The molecule has 0 fully saturated rings. The third kappa shape index (κ3) is 6.88. The van der Waals surface area contributed by atoms with E-state index >= 15 is 0 Å². The molecule has 3 aromatic carbocycles. The molecule has 202 valence electrons. The van der Waals surface area contributed by atoms with E-state index in [1.54, 1.807) is 48.5 Å². The normalized spacial score (nSPS) is 16.1. The van der Waals surface area contributed by atoms with Gasteiger partial charge in [0.05, 0.1) is 6.61 Å². The van der Waals surface area contributed by atoms with Gasteiger partial charge < -0.3 is 14.6 Å². The second-order valence-corrected chi connectivity index (χ2v) is 8.73. The number of nitrogens with one attached hydrogen (secondary N) is 2. The minimum atomic E-state index is -1.44. The van der Waals surface area contributed by atoms with E-state index in [-0.39, 0.29) is 37.6 Å². The number of hydrazine groups is 1. The molecule has 3 N–H and O–H groups in total. The molecule has 3 aromatic rings. The number of amides is 1. The molecular weight excluding hydrogens is 510 g/mol. The molecule has 1 atom stereocenters. The van der Waals surface area contributed by atoms with Crippen molar-refractivity contribution >= 4 is 17.5 Å². The Balaban J connectivity index is 1.57. The average Bonchev–Trinajstić information content (AvgIpc) is 3.37. The molecule has 0 saturated heterocycles. The number of ether oxygens (including phenoxy) is 2. The van der Waals surface area contributed by atoms with Gasteiger partial charge in [-0.15, -0.1) is 0 Å². The lowest BCUT2D eigenvalue weighted by atomic mass is 9.91. The fourth-order valence-electron chi connectivity index (χ4n) is 3.95. The molecule has 0 aromatic heterocycles. The predicted molar refractivity (Wildman–Crippen MR) is 139 cm³/mol. The van der Waals surface area contributed by atoms with E-state index < -0.39 is 23.1 Å². The van der Waals surface area contributed by atoms with E-state index in [4.69, 9.17) is 20.1 Å². The Morgan fingerprint density at radius 1 is 1.15 bits per heavy atom. The number of azide groups is 1. The van der Waals surface area contributed by atoms with Crippen LogP contribution in [0.2, 0.25) is 0 Å². The van der Waals surface area contributed by atoms with Crippen LogP contribution in [0.5, 0.6) is 5.75 Å². The van der Waals surface area contributed by atoms with Crippen molar-refractivity contribution in [2.45, 2.75) is 24.9 Å². The number of carbonyl (C=O) groups excluding carboxylic acids is 1. The van der Waals surface area contributed by atoms with E-state index in [1.807, 2.05) is 0 Å². The molecular formula is C27H26F2N6O4. The van der Waals surface area contributed by atoms with Crippen molar-refractivity contribution in [3.63, 3.8) is 0 Å². The van der Waals surface area contributed by atoms with Crippen molar-refractivity contribution in [1.82, 2.24) is 10.9 Å². The van der Waals surface area contributed by atoms with E-state index in [0.717, 1.165) is 12.1 Å². The van der Waals surface area contributed by atoms with Gasteiger partial charge in [0.2, 0.25) is 5.90 Å². The van der Waals surface area contributed by atoms with E-state index in [0.29, 0.717) is 35.6 Å². The predicted octanol–water partition coefficient (Wildman–Crippen LogP) is 4.25. The fourth-order valence-corrected chi connectivity index (χ4v) is 3.95. The molecule has 12 heteroatoms. The number of nitrogens with zero attached hydrogens (tertiary/aromatic N) is 4. The molecule has 0 aliphatic carbocycles. The van der Waals surface area contributed by atoms with Gasteiger partial charge in [0.1, 0.15) is 24.0 Å². The van der Waals surface area contributed by atoms with Crippen LogP contribution in [0.25, 0.3) is 10.4 Å². The first-order valence-corrected chi connectivity index (χ1v) is 12.1. The van der Waals surface area contributed by atoms with Crippen molar-refractivity contribution in [3.05, 3.63) is 105 Å². The minimum absolute atomic E-state index is 0.0311. The lowest BCUT2D eigenvalue weighted by Gasteiger charge is -2.24. The van der Waals surface area contributed by atoms with Crippen LogP contribution in [0, 0.1) is 11.6 Å². The average molecular weight is 537 g/mol. The lowest BCUT2D eigenvalue weighted by Crippen LogP contribution is -2.52. The van der Waals surface area contributed by atoms with Gasteiger partial charge in [-0.1, -0.05) is 35.4 Å². The van der Waals surface area contributed by atoms with Gasteiger partial charge in [0.25, 0.3) is 5.91 Å². The highest BCUT2D eigenvalue weighted by Crippen LogP contribution is 2.31. The molecule has 0 unspecified atom stereocenters. The van der Waals surface area contributed by atoms with Gasteiger partial charge in [-0.2, -0.15) is 0 Å². The zero-order valence-electron chi connectivity index (χ0n) is 20.8. The summed E-state index contributed by atoms with van der Waals surface area (Å²) >= 11 is 0. The molecule has 0 bridgehead atoms. The molecule has 1 amide bonds. The molecule has 0 radical (unpaired) electrons. The summed E-state index contributed by atoms with van der Waals surface area (Å²) in [6, 6.07) is 16.9. The van der Waals surface area contributed by atoms with Gasteiger partial charge in [-0.25, -0.2) is 19.2 Å². The van der Waals surface area contributed by atoms with Crippen molar-refractivity contribution in [3.8, 4) is 5.75 Å². The van der Waals surface area contributed by atoms with Crippen LogP contribution in [0.1, 0.15) is 23.1 Å². The summed E-state index contributed by atoms with van der Waals surface area (Å²) in [7, 11) is 0. The summed E-state index contributed by atoms with van der Waals surface area (Å²) < 4.78 is 38.6. The topological polar surface area (TPSA) is 141 Å². The summed E-state index contributed by atoms with van der Waals surface area (Å²) in [5.74, 6) is -1.16. The van der Waals surface area contributed by atoms with Crippen LogP contribution in [0.3, 0.4) is 0 Å². The first kappa shape index (κ1) is 27.5. The van der Waals surface area contributed by atoms with E-state index in [9.17, 15) is 13.6 Å². The van der Waals surface area contributed by atoms with Crippen LogP contribution in [0.4, 0.5) is 14.5 Å². The Bertz CT molecular complexity index is 1400. The number of aliphatic hydroxyl groups is 1. The third-order valence-corrected chi connectivity index (χ3v) is 5.98. The van der Waals surface area contributed by atoms with E-state index in [2.05, 4.69) is 25.9 Å². The molecule has 0 spiro atoms. The van der Waals surface area contributed by atoms with Crippen LogP contribution in [-0.4, -0.2) is 42.3 Å². The summed E-state index contributed by atoms with van der Waals surface area (Å²) in [5, 5.41) is 12.6. The molecule has 4 rings (SSSR count). The first-order chi connectivity index (χ1) is 18.9. The van der Waals surface area contributed by atoms with Gasteiger partial charge in [0.15, 0.2) is 5.54 Å². The van der Waals surface area contributed by atoms with Crippen molar-refractivity contribution in [1.29, 1.82) is 0 Å². The summed E-state index contributed by atoms with van der Waals surface area (Å²) in [6.07, 6.45) is 0.556. The Kier molecular flexibility index (Phi) is 9.06. The maximum atomic E-state index is 14.0. The third-order valence-electron chi connectivity index (χ3n) is 5.98. The smallest absolute Gasteiger partial charge is 0.266 e. The fraction of sp³-hybridized carbons (Fsp3) is 0.259. The van der Waals surface area contributed by atoms with Crippen LogP contribution < -0.4 is 15.6 Å². The molecule has 1 aliphatic rings. The Morgan fingerprint density at radius 3 is 2.69 bits per heavy atom. The second kappa shape index (κ2) is 12.8. The summed E-state index contributed by atoms with van der Waals surface area (Å²) in [5.41, 5.74) is 14.5. The Labute approximate surface area is 222 Å². The number of aliphatic imine (C=N–C) groups is 1. The van der Waals surface area contributed by atoms with Gasteiger partial charge in [-0.05, 0) is 41.4 Å². The Morgan fingerprint density at radius 2 is 1.95 bits per heavy atom. The molecule has 0 saturated carbocycles. The zero-order valence-corrected chi connectivity index (χ0v) is 20.8. The highest BCUT2D eigenvalue weighted by atomic mass is 19.1. The SMILES string of the molecule is [N-]=[N+]=Nc1ccccc1C[C@@]1(C(=O)NNCc2ccc(F)cc2F)COC(c2ccc(OCCCO)cc2)=N1. The molecule has 39 heavy (non-hydrogen) atoms. The van der Waals surface area contributed by atoms with Crippen molar-refractivity contribution < 1.29 is 28.2 Å². The number of halogens is 2. The standard InChI is InChI=1S/C27H26F2N6O4/c28-21-9-6-20(23(29)14-21)16-31-34-26(37)27(15-19-4-1-2-5-24(19)33-35-30)17-39-25(32-27)18-7-10-22(11-8-18)38-13-3-12-36/h1-2,4-11,14,31,36H,3,12-13,15-17H2,(H,34,37)/t27-/m0/s1. The minimum Gasteiger partial charge on any atom is -0.494 e. The monoisotopic (exact) mass is 536 g/mol. The molecule has 1 heterocycles. The van der Waals surface area contributed by atoms with Gasteiger partial charge in [0, 0.05) is 53.8 Å². The Hall–Kier alpha value is -4.51. The number of hydrogen-bond acceptors (Lipinski definition) is 7. The van der Waals surface area contributed by atoms with Crippen molar-refractivity contribution in [2.24, 2.45) is 10.1 Å². The quantitative estimate of drug-likeness (QED) is 0.104. The summed E-state index contributed by atoms with van der Waals surface area (Å²) in [4.78, 5) is 21.0.